The highest BCUT2D eigenvalue weighted by Gasteiger charge is 2.12. The van der Waals surface area contributed by atoms with E-state index in [-0.39, 0.29) is 5.91 Å². The van der Waals surface area contributed by atoms with E-state index in [1.807, 2.05) is 24.3 Å². The molecule has 2 rings (SSSR count). The van der Waals surface area contributed by atoms with Gasteiger partial charge in [-0.3, -0.25) is 4.79 Å². The van der Waals surface area contributed by atoms with Crippen molar-refractivity contribution in [1.29, 1.82) is 0 Å². The molecular formula is C15H16BrN3O2. The highest BCUT2D eigenvalue weighted by Crippen LogP contribution is 2.18. The summed E-state index contributed by atoms with van der Waals surface area (Å²) in [4.78, 5) is 16.4. The van der Waals surface area contributed by atoms with Crippen LogP contribution in [0.5, 0.6) is 5.75 Å². The molecule has 6 heteroatoms. The van der Waals surface area contributed by atoms with Crippen LogP contribution in [0.15, 0.2) is 41.0 Å². The van der Waals surface area contributed by atoms with Gasteiger partial charge in [0.15, 0.2) is 0 Å². The fraction of sp³-hybridized carbons (Fsp3) is 0.200. The van der Waals surface area contributed by atoms with Crippen molar-refractivity contribution in [2.45, 2.75) is 6.54 Å². The third-order valence-corrected chi connectivity index (χ3v) is 3.38. The van der Waals surface area contributed by atoms with E-state index in [1.165, 1.54) is 0 Å². The molecule has 1 aromatic carbocycles. The summed E-state index contributed by atoms with van der Waals surface area (Å²) in [5.74, 6) is 1.16. The number of methoxy groups -OCH3 is 1. The van der Waals surface area contributed by atoms with Crippen molar-refractivity contribution < 1.29 is 9.53 Å². The maximum absolute atomic E-state index is 12.2. The van der Waals surface area contributed by atoms with Gasteiger partial charge < -0.3 is 15.4 Å². The van der Waals surface area contributed by atoms with Crippen molar-refractivity contribution in [2.24, 2.45) is 0 Å². The first-order chi connectivity index (χ1) is 10.1. The number of nitrogens with zero attached hydrogens (tertiary/aromatic N) is 1. The topological polar surface area (TPSA) is 63.2 Å². The molecule has 0 fully saturated rings. The summed E-state index contributed by atoms with van der Waals surface area (Å²) in [5, 5.41) is 5.78. The van der Waals surface area contributed by atoms with Crippen molar-refractivity contribution >= 4 is 27.7 Å². The van der Waals surface area contributed by atoms with Gasteiger partial charge in [-0.05, 0) is 39.7 Å². The van der Waals surface area contributed by atoms with Crippen molar-refractivity contribution in [2.75, 3.05) is 19.5 Å². The summed E-state index contributed by atoms with van der Waals surface area (Å²) in [6, 6.07) is 9.29. The number of carbonyl (C=O) groups is 1. The van der Waals surface area contributed by atoms with E-state index in [2.05, 4.69) is 31.5 Å². The normalized spacial score (nSPS) is 10.0. The molecule has 110 valence electrons. The molecule has 21 heavy (non-hydrogen) atoms. The Morgan fingerprint density at radius 3 is 2.67 bits per heavy atom. The standard InChI is InChI=1S/C15H16BrN3O2/c1-17-14-13(7-11(16)9-18-14)15(20)19-8-10-3-5-12(21-2)6-4-10/h3-7,9H,8H2,1-2H3,(H,17,18)(H,19,20). The number of rotatable bonds is 5. The SMILES string of the molecule is CNc1ncc(Br)cc1C(=O)NCc1ccc(OC)cc1. The number of pyridine rings is 1. The van der Waals surface area contributed by atoms with E-state index >= 15 is 0 Å². The predicted molar refractivity (Wildman–Crippen MR) is 85.6 cm³/mol. The summed E-state index contributed by atoms with van der Waals surface area (Å²) >= 11 is 3.32. The van der Waals surface area contributed by atoms with Crippen LogP contribution in [-0.4, -0.2) is 25.0 Å². The number of ether oxygens (including phenoxy) is 1. The lowest BCUT2D eigenvalue weighted by Crippen LogP contribution is -2.24. The summed E-state index contributed by atoms with van der Waals surface area (Å²) < 4.78 is 5.86. The Balaban J connectivity index is 2.05. The molecule has 0 aliphatic rings. The third kappa shape index (κ3) is 3.95. The van der Waals surface area contributed by atoms with E-state index < -0.39 is 0 Å². The molecule has 0 aliphatic carbocycles. The van der Waals surface area contributed by atoms with E-state index in [0.717, 1.165) is 15.8 Å². The third-order valence-electron chi connectivity index (χ3n) is 2.95. The van der Waals surface area contributed by atoms with Crippen LogP contribution in [0.3, 0.4) is 0 Å². The van der Waals surface area contributed by atoms with E-state index in [0.29, 0.717) is 17.9 Å². The number of aromatic nitrogens is 1. The van der Waals surface area contributed by atoms with Crippen molar-refractivity contribution in [3.8, 4) is 5.75 Å². The first-order valence-electron chi connectivity index (χ1n) is 6.38. The van der Waals surface area contributed by atoms with Gasteiger partial charge >= 0.3 is 0 Å². The van der Waals surface area contributed by atoms with Gasteiger partial charge in [-0.15, -0.1) is 0 Å². The molecule has 0 saturated carbocycles. The molecule has 2 aromatic rings. The van der Waals surface area contributed by atoms with Gasteiger partial charge in [0.2, 0.25) is 0 Å². The fourth-order valence-electron chi connectivity index (χ4n) is 1.83. The maximum atomic E-state index is 12.2. The van der Waals surface area contributed by atoms with E-state index in [4.69, 9.17) is 4.74 Å². The second kappa shape index (κ2) is 7.08. The van der Waals surface area contributed by atoms with Crippen LogP contribution in [0.25, 0.3) is 0 Å². The number of hydrogen-bond acceptors (Lipinski definition) is 4. The van der Waals surface area contributed by atoms with Gasteiger partial charge in [0, 0.05) is 24.3 Å². The summed E-state index contributed by atoms with van der Waals surface area (Å²) in [7, 11) is 3.35. The van der Waals surface area contributed by atoms with Crippen molar-refractivity contribution in [1.82, 2.24) is 10.3 Å². The molecule has 2 N–H and O–H groups in total. The number of carbonyl (C=O) groups excluding carboxylic acids is 1. The summed E-state index contributed by atoms with van der Waals surface area (Å²) in [6.07, 6.45) is 1.64. The number of amides is 1. The number of hydrogen-bond donors (Lipinski definition) is 2. The molecule has 0 bridgehead atoms. The minimum atomic E-state index is -0.177. The Bertz CT molecular complexity index is 629. The number of anilines is 1. The fourth-order valence-corrected chi connectivity index (χ4v) is 2.16. The minimum absolute atomic E-state index is 0.177. The molecule has 1 heterocycles. The van der Waals surface area contributed by atoms with Crippen LogP contribution < -0.4 is 15.4 Å². The lowest BCUT2D eigenvalue weighted by atomic mass is 10.2. The lowest BCUT2D eigenvalue weighted by molar-refractivity contribution is 0.0951. The lowest BCUT2D eigenvalue weighted by Gasteiger charge is -2.10. The van der Waals surface area contributed by atoms with Gasteiger partial charge in [-0.1, -0.05) is 12.1 Å². The van der Waals surface area contributed by atoms with Gasteiger partial charge in [0.25, 0.3) is 5.91 Å². The molecular weight excluding hydrogens is 334 g/mol. The molecule has 0 radical (unpaired) electrons. The first-order valence-corrected chi connectivity index (χ1v) is 7.17. The van der Waals surface area contributed by atoms with Crippen LogP contribution in [0.4, 0.5) is 5.82 Å². The zero-order valence-electron chi connectivity index (χ0n) is 11.8. The Hall–Kier alpha value is -2.08. The molecule has 0 unspecified atom stereocenters. The quantitative estimate of drug-likeness (QED) is 0.871. The van der Waals surface area contributed by atoms with E-state index in [9.17, 15) is 4.79 Å². The van der Waals surface area contributed by atoms with Crippen LogP contribution in [-0.2, 0) is 6.54 Å². The summed E-state index contributed by atoms with van der Waals surface area (Å²) in [5.41, 5.74) is 1.50. The number of halogens is 1. The largest absolute Gasteiger partial charge is 0.497 e. The van der Waals surface area contributed by atoms with Gasteiger partial charge in [0.1, 0.15) is 11.6 Å². The number of benzene rings is 1. The second-order valence-electron chi connectivity index (χ2n) is 4.33. The smallest absolute Gasteiger partial charge is 0.255 e. The van der Waals surface area contributed by atoms with Gasteiger partial charge in [-0.25, -0.2) is 4.98 Å². The average molecular weight is 350 g/mol. The highest BCUT2D eigenvalue weighted by molar-refractivity contribution is 9.10. The molecule has 0 atom stereocenters. The monoisotopic (exact) mass is 349 g/mol. The molecule has 1 amide bonds. The molecule has 0 spiro atoms. The van der Waals surface area contributed by atoms with Gasteiger partial charge in [0.05, 0.1) is 12.7 Å². The summed E-state index contributed by atoms with van der Waals surface area (Å²) in [6.45, 7) is 0.443. The van der Waals surface area contributed by atoms with Crippen molar-refractivity contribution in [3.05, 3.63) is 52.1 Å². The number of nitrogens with one attached hydrogen (secondary N) is 2. The Morgan fingerprint density at radius 2 is 2.05 bits per heavy atom. The molecule has 1 aromatic heterocycles. The van der Waals surface area contributed by atoms with Crippen LogP contribution in [0.2, 0.25) is 0 Å². The Labute approximate surface area is 131 Å². The van der Waals surface area contributed by atoms with Crippen molar-refractivity contribution in [3.63, 3.8) is 0 Å². The minimum Gasteiger partial charge on any atom is -0.497 e. The Kier molecular flexibility index (Phi) is 5.16. The van der Waals surface area contributed by atoms with E-state index in [1.54, 1.807) is 26.4 Å². The molecule has 5 nitrogen and oxygen atoms in total. The second-order valence-corrected chi connectivity index (χ2v) is 5.25. The maximum Gasteiger partial charge on any atom is 0.255 e. The molecule has 0 saturated heterocycles. The van der Waals surface area contributed by atoms with Crippen LogP contribution >= 0.6 is 15.9 Å². The first kappa shape index (κ1) is 15.3. The molecule has 0 aliphatic heterocycles. The van der Waals surface area contributed by atoms with Crippen LogP contribution in [0.1, 0.15) is 15.9 Å². The highest BCUT2D eigenvalue weighted by atomic mass is 79.9. The van der Waals surface area contributed by atoms with Crippen LogP contribution in [0, 0.1) is 0 Å². The van der Waals surface area contributed by atoms with Gasteiger partial charge in [-0.2, -0.15) is 0 Å². The zero-order chi connectivity index (χ0) is 15.2. The zero-order valence-corrected chi connectivity index (χ0v) is 13.4. The predicted octanol–water partition coefficient (Wildman–Crippen LogP) is 2.82. The Morgan fingerprint density at radius 1 is 1.33 bits per heavy atom. The average Bonchev–Trinajstić information content (AvgIpc) is 2.53.